The smallest absolute Gasteiger partial charge is 0.293 e. The molecule has 16 heavy (non-hydrogen) atoms. The van der Waals surface area contributed by atoms with E-state index < -0.39 is 0 Å². The van der Waals surface area contributed by atoms with E-state index in [0.29, 0.717) is 10.7 Å². The number of benzene rings is 1. The molecule has 1 heterocycles. The lowest BCUT2D eigenvalue weighted by Crippen LogP contribution is -2.15. The zero-order valence-electron chi connectivity index (χ0n) is 8.22. The van der Waals surface area contributed by atoms with Crippen LogP contribution in [0.1, 0.15) is 10.6 Å². The third kappa shape index (κ3) is 2.55. The number of nitrogens with zero attached hydrogens (tertiary/aromatic N) is 2. The quantitative estimate of drug-likeness (QED) is 0.867. The molecule has 0 saturated heterocycles. The average Bonchev–Trinajstić information content (AvgIpc) is 2.30. The van der Waals surface area contributed by atoms with Gasteiger partial charge in [-0.2, -0.15) is 0 Å². The molecule has 0 radical (unpaired) electrons. The van der Waals surface area contributed by atoms with E-state index in [1.54, 1.807) is 30.3 Å². The van der Waals surface area contributed by atoms with Gasteiger partial charge in [-0.1, -0.05) is 17.7 Å². The normalized spacial score (nSPS) is 9.81. The Morgan fingerprint density at radius 2 is 1.94 bits per heavy atom. The van der Waals surface area contributed by atoms with Crippen molar-refractivity contribution in [3.05, 3.63) is 53.6 Å². The van der Waals surface area contributed by atoms with Gasteiger partial charge in [0.25, 0.3) is 5.91 Å². The molecule has 1 N–H and O–H groups in total. The van der Waals surface area contributed by atoms with Gasteiger partial charge in [-0.25, -0.2) is 9.97 Å². The molecule has 0 unspecified atom stereocenters. The Bertz CT molecular complexity index is 502. The van der Waals surface area contributed by atoms with Crippen molar-refractivity contribution in [1.82, 2.24) is 9.97 Å². The molecule has 0 aliphatic heterocycles. The first kappa shape index (κ1) is 10.6. The summed E-state index contributed by atoms with van der Waals surface area (Å²) in [4.78, 5) is 19.3. The van der Waals surface area contributed by atoms with Gasteiger partial charge < -0.3 is 5.32 Å². The van der Waals surface area contributed by atoms with Gasteiger partial charge >= 0.3 is 0 Å². The molecule has 0 spiro atoms. The van der Waals surface area contributed by atoms with E-state index in [-0.39, 0.29) is 11.7 Å². The minimum Gasteiger partial charge on any atom is -0.319 e. The number of rotatable bonds is 2. The molecule has 5 heteroatoms. The van der Waals surface area contributed by atoms with Gasteiger partial charge in [0.1, 0.15) is 0 Å². The number of aromatic nitrogens is 2. The van der Waals surface area contributed by atoms with E-state index >= 15 is 0 Å². The number of carbonyl (C=O) groups is 1. The van der Waals surface area contributed by atoms with E-state index in [1.165, 1.54) is 12.4 Å². The fourth-order valence-corrected chi connectivity index (χ4v) is 1.36. The molecule has 1 amide bonds. The summed E-state index contributed by atoms with van der Waals surface area (Å²) in [6.45, 7) is 0. The third-order valence-corrected chi connectivity index (χ3v) is 2.09. The first-order chi connectivity index (χ1) is 7.75. The van der Waals surface area contributed by atoms with Gasteiger partial charge in [-0.3, -0.25) is 4.79 Å². The van der Waals surface area contributed by atoms with Crippen LogP contribution in [0.5, 0.6) is 0 Å². The Morgan fingerprint density at radius 1 is 1.19 bits per heavy atom. The Kier molecular flexibility index (Phi) is 3.12. The second kappa shape index (κ2) is 4.72. The second-order valence-corrected chi connectivity index (χ2v) is 3.47. The van der Waals surface area contributed by atoms with Gasteiger partial charge in [-0.15, -0.1) is 0 Å². The van der Waals surface area contributed by atoms with Crippen LogP contribution in [0.3, 0.4) is 0 Å². The molecule has 2 rings (SSSR count). The molecule has 80 valence electrons. The summed E-state index contributed by atoms with van der Waals surface area (Å²) in [7, 11) is 0. The van der Waals surface area contributed by atoms with Crippen LogP contribution in [0, 0.1) is 0 Å². The van der Waals surface area contributed by atoms with Crippen molar-refractivity contribution in [2.45, 2.75) is 0 Å². The maximum Gasteiger partial charge on any atom is 0.293 e. The van der Waals surface area contributed by atoms with Crippen LogP contribution in [0.15, 0.2) is 42.7 Å². The summed E-state index contributed by atoms with van der Waals surface area (Å²) < 4.78 is 0. The minimum absolute atomic E-state index is 0.127. The highest BCUT2D eigenvalue weighted by molar-refractivity contribution is 6.30. The van der Waals surface area contributed by atoms with Gasteiger partial charge in [0.2, 0.25) is 5.82 Å². The number of halogens is 1. The van der Waals surface area contributed by atoms with Crippen molar-refractivity contribution in [2.75, 3.05) is 5.32 Å². The molecular formula is C11H8ClN3O. The molecule has 0 aliphatic carbocycles. The molecule has 1 aromatic heterocycles. The third-order valence-electron chi connectivity index (χ3n) is 1.85. The SMILES string of the molecule is O=C(Nc1cccc(Cl)c1)c1ncccn1. The minimum atomic E-state index is -0.358. The number of amides is 1. The predicted octanol–water partition coefficient (Wildman–Crippen LogP) is 2.38. The van der Waals surface area contributed by atoms with E-state index in [9.17, 15) is 4.79 Å². The fourth-order valence-electron chi connectivity index (χ4n) is 1.17. The lowest BCUT2D eigenvalue weighted by Gasteiger charge is -2.03. The number of hydrogen-bond donors (Lipinski definition) is 1. The van der Waals surface area contributed by atoms with Crippen LogP contribution < -0.4 is 5.32 Å². The summed E-state index contributed by atoms with van der Waals surface area (Å²) in [6.07, 6.45) is 3.03. The first-order valence-corrected chi connectivity index (χ1v) is 4.97. The topological polar surface area (TPSA) is 54.9 Å². The maximum absolute atomic E-state index is 11.6. The lowest BCUT2D eigenvalue weighted by molar-refractivity contribution is 0.101. The zero-order chi connectivity index (χ0) is 11.4. The second-order valence-electron chi connectivity index (χ2n) is 3.04. The van der Waals surface area contributed by atoms with Gasteiger partial charge in [-0.05, 0) is 24.3 Å². The number of anilines is 1. The zero-order valence-corrected chi connectivity index (χ0v) is 8.98. The standard InChI is InChI=1S/C11H8ClN3O/c12-8-3-1-4-9(7-8)15-11(16)10-13-5-2-6-14-10/h1-7H,(H,15,16). The monoisotopic (exact) mass is 233 g/mol. The van der Waals surface area contributed by atoms with Crippen molar-refractivity contribution in [1.29, 1.82) is 0 Å². The molecule has 4 nitrogen and oxygen atoms in total. The Labute approximate surface area is 97.3 Å². The highest BCUT2D eigenvalue weighted by atomic mass is 35.5. The highest BCUT2D eigenvalue weighted by Gasteiger charge is 2.07. The van der Waals surface area contributed by atoms with Crippen molar-refractivity contribution in [3.8, 4) is 0 Å². The summed E-state index contributed by atoms with van der Waals surface area (Å²) in [5, 5.41) is 3.21. The number of hydrogen-bond acceptors (Lipinski definition) is 3. The molecule has 1 aromatic carbocycles. The summed E-state index contributed by atoms with van der Waals surface area (Å²) in [5.74, 6) is -0.231. The van der Waals surface area contributed by atoms with Crippen LogP contribution in [-0.2, 0) is 0 Å². The lowest BCUT2D eigenvalue weighted by atomic mass is 10.3. The van der Waals surface area contributed by atoms with Crippen molar-refractivity contribution in [3.63, 3.8) is 0 Å². The van der Waals surface area contributed by atoms with Gasteiger partial charge in [0.05, 0.1) is 0 Å². The van der Waals surface area contributed by atoms with Crippen molar-refractivity contribution >= 4 is 23.2 Å². The summed E-state index contributed by atoms with van der Waals surface area (Å²) in [6, 6.07) is 8.53. The van der Waals surface area contributed by atoms with Gasteiger partial charge in [0.15, 0.2) is 0 Å². The highest BCUT2D eigenvalue weighted by Crippen LogP contribution is 2.15. The molecule has 0 saturated carbocycles. The fraction of sp³-hybridized carbons (Fsp3) is 0. The van der Waals surface area contributed by atoms with Crippen LogP contribution in [-0.4, -0.2) is 15.9 Å². The Hall–Kier alpha value is -1.94. The number of nitrogens with one attached hydrogen (secondary N) is 1. The predicted molar refractivity (Wildman–Crippen MR) is 61.4 cm³/mol. The average molecular weight is 234 g/mol. The van der Waals surface area contributed by atoms with E-state index in [0.717, 1.165) is 0 Å². The summed E-state index contributed by atoms with van der Waals surface area (Å²) in [5.41, 5.74) is 0.616. The van der Waals surface area contributed by atoms with Crippen LogP contribution >= 0.6 is 11.6 Å². The molecule has 0 atom stereocenters. The molecular weight excluding hydrogens is 226 g/mol. The molecule has 0 bridgehead atoms. The number of carbonyl (C=O) groups excluding carboxylic acids is 1. The largest absolute Gasteiger partial charge is 0.319 e. The van der Waals surface area contributed by atoms with Gasteiger partial charge in [0, 0.05) is 23.1 Å². The molecule has 2 aromatic rings. The summed E-state index contributed by atoms with van der Waals surface area (Å²) >= 11 is 5.79. The van der Waals surface area contributed by atoms with Crippen LogP contribution in [0.25, 0.3) is 0 Å². The van der Waals surface area contributed by atoms with Crippen LogP contribution in [0.4, 0.5) is 5.69 Å². The van der Waals surface area contributed by atoms with E-state index in [4.69, 9.17) is 11.6 Å². The first-order valence-electron chi connectivity index (χ1n) is 4.59. The van der Waals surface area contributed by atoms with Crippen molar-refractivity contribution in [2.24, 2.45) is 0 Å². The van der Waals surface area contributed by atoms with E-state index in [1.807, 2.05) is 0 Å². The van der Waals surface area contributed by atoms with E-state index in [2.05, 4.69) is 15.3 Å². The molecule has 0 aliphatic rings. The van der Waals surface area contributed by atoms with Crippen LogP contribution in [0.2, 0.25) is 5.02 Å². The molecule has 0 fully saturated rings. The Morgan fingerprint density at radius 3 is 2.62 bits per heavy atom. The van der Waals surface area contributed by atoms with Crippen molar-refractivity contribution < 1.29 is 4.79 Å². The maximum atomic E-state index is 11.6. The Balaban J connectivity index is 2.14.